The molecule has 0 bridgehead atoms. The van der Waals surface area contributed by atoms with Gasteiger partial charge in [-0.15, -0.1) is 0 Å². The van der Waals surface area contributed by atoms with Crippen LogP contribution in [0.2, 0.25) is 0 Å². The van der Waals surface area contributed by atoms with E-state index in [1.54, 1.807) is 0 Å². The molecule has 0 aromatic heterocycles. The Labute approximate surface area is 74.3 Å². The maximum atomic E-state index is 11.4. The second-order valence-electron chi connectivity index (χ2n) is 1.67. The van der Waals surface area contributed by atoms with E-state index < -0.39 is 18.0 Å². The molecule has 0 aliphatic rings. The molecule has 72 valence electrons. The van der Waals surface area contributed by atoms with Gasteiger partial charge in [-0.2, -0.15) is 13.2 Å². The Bertz CT molecular complexity index is 129. The monoisotopic (exact) mass is 239 g/mol. The van der Waals surface area contributed by atoms with Gasteiger partial charge in [-0.1, -0.05) is 0 Å². The summed E-state index contributed by atoms with van der Waals surface area (Å²) in [7, 11) is 4.20. The third-order valence-electron chi connectivity index (χ3n) is 0.918. The van der Waals surface area contributed by atoms with Gasteiger partial charge in [0.1, 0.15) is 5.92 Å². The van der Waals surface area contributed by atoms with Crippen LogP contribution in [0.15, 0.2) is 0 Å². The molecule has 0 spiro atoms. The Kier molecular flexibility index (Phi) is 7.05. The Hall–Kier alpha value is 0.0695. The van der Waals surface area contributed by atoms with E-state index in [0.717, 1.165) is 6.92 Å². The van der Waals surface area contributed by atoms with Gasteiger partial charge in [-0.3, -0.25) is 4.79 Å². The summed E-state index contributed by atoms with van der Waals surface area (Å²) < 4.78 is 34.2. The van der Waals surface area contributed by atoms with Crippen molar-refractivity contribution in [3.8, 4) is 0 Å². The van der Waals surface area contributed by atoms with E-state index in [1.807, 2.05) is 0 Å². The van der Waals surface area contributed by atoms with E-state index in [2.05, 4.69) is 30.9 Å². The van der Waals surface area contributed by atoms with Crippen molar-refractivity contribution in [2.45, 2.75) is 13.1 Å². The molecule has 0 fully saturated rings. The third kappa shape index (κ3) is 6.47. The number of carbonyl (C=O) groups is 1. The first-order chi connectivity index (χ1) is 4.85. The summed E-state index contributed by atoms with van der Waals surface area (Å²) in [5, 5.41) is 0. The van der Waals surface area contributed by atoms with Crippen LogP contribution >= 0.6 is 10.1 Å². The Morgan fingerprint density at radius 1 is 1.55 bits per heavy atom. The van der Waals surface area contributed by atoms with Crippen LogP contribution in [-0.4, -0.2) is 12.1 Å². The fourth-order valence-electron chi connectivity index (χ4n) is 0.161. The summed E-state index contributed by atoms with van der Waals surface area (Å²) in [6.45, 7) is 0.725. The third-order valence-corrected chi connectivity index (χ3v) is 0.918. The van der Waals surface area contributed by atoms with Crippen molar-refractivity contribution in [2.24, 2.45) is 11.7 Å². The van der Waals surface area contributed by atoms with Gasteiger partial charge >= 0.3 is 31.4 Å². The van der Waals surface area contributed by atoms with E-state index >= 15 is 0 Å². The molecule has 1 atom stereocenters. The molecule has 1 unspecified atom stereocenters. The first-order valence-electron chi connectivity index (χ1n) is 2.33. The standard InChI is InChI=1S/C4H6F3NO.ClH.Cu/c1-2(3(8)9)4(5,6)7;;/h2H,1H3,(H2,8,9);1H;/q;;+1/p-1. The number of primary amides is 1. The predicted octanol–water partition coefficient (Wildman–Crippen LogP) is 1.36. The van der Waals surface area contributed by atoms with Crippen LogP contribution in [0.5, 0.6) is 0 Å². The summed E-state index contributed by atoms with van der Waals surface area (Å²) in [6, 6.07) is 0. The summed E-state index contributed by atoms with van der Waals surface area (Å²) in [5.41, 5.74) is 4.36. The van der Waals surface area contributed by atoms with Crippen LogP contribution in [0.4, 0.5) is 13.2 Å². The van der Waals surface area contributed by atoms with Crippen molar-refractivity contribution in [1.82, 2.24) is 0 Å². The number of alkyl halides is 3. The predicted molar refractivity (Wildman–Crippen MR) is 30.3 cm³/mol. The fourth-order valence-corrected chi connectivity index (χ4v) is 0.161. The number of carbonyl (C=O) groups excluding carboxylic acids is 1. The number of amides is 1. The summed E-state index contributed by atoms with van der Waals surface area (Å²) >= 11 is 3.66. The van der Waals surface area contributed by atoms with Crippen LogP contribution in [0.1, 0.15) is 6.92 Å². The Balaban J connectivity index is 0. The Morgan fingerprint density at radius 2 is 1.82 bits per heavy atom. The molecule has 0 aliphatic carbocycles. The molecule has 0 radical (unpaired) electrons. The van der Waals surface area contributed by atoms with Gasteiger partial charge in [0, 0.05) is 0 Å². The van der Waals surface area contributed by atoms with Gasteiger partial charge < -0.3 is 5.73 Å². The molecule has 2 nitrogen and oxygen atoms in total. The van der Waals surface area contributed by atoms with Gasteiger partial charge in [0.05, 0.1) is 0 Å². The number of halogens is 4. The molecule has 1 amide bonds. The molecular weight excluding hydrogens is 234 g/mol. The van der Waals surface area contributed by atoms with Crippen LogP contribution in [0.25, 0.3) is 0 Å². The second-order valence-corrected chi connectivity index (χ2v) is 1.67. The number of rotatable bonds is 1. The molecule has 0 heterocycles. The van der Waals surface area contributed by atoms with Crippen molar-refractivity contribution in [2.75, 3.05) is 0 Å². The first kappa shape index (κ1) is 13.6. The summed E-state index contributed by atoms with van der Waals surface area (Å²) in [4.78, 5) is 9.85. The molecule has 7 heteroatoms. The van der Waals surface area contributed by atoms with Crippen molar-refractivity contribution in [3.05, 3.63) is 0 Å². The zero-order chi connectivity index (χ0) is 9.65. The maximum absolute atomic E-state index is 11.4. The first-order valence-corrected chi connectivity index (χ1v) is 3.62. The van der Waals surface area contributed by atoms with Crippen molar-refractivity contribution in [3.63, 3.8) is 0 Å². The van der Waals surface area contributed by atoms with Gasteiger partial charge in [-0.25, -0.2) is 0 Å². The normalized spacial score (nSPS) is 13.0. The molecule has 0 aliphatic heterocycles. The van der Waals surface area contributed by atoms with Gasteiger partial charge in [0.25, 0.3) is 0 Å². The van der Waals surface area contributed by atoms with Crippen molar-refractivity contribution in [1.29, 1.82) is 0 Å². The SMILES string of the molecule is CC(C(N)=O)C(F)(F)F.[Cl][Cu]. The van der Waals surface area contributed by atoms with Crippen LogP contribution < -0.4 is 5.73 Å². The van der Waals surface area contributed by atoms with E-state index in [0.29, 0.717) is 0 Å². The number of hydrogen-bond donors (Lipinski definition) is 1. The quantitative estimate of drug-likeness (QED) is 0.691. The van der Waals surface area contributed by atoms with Gasteiger partial charge in [0.2, 0.25) is 5.91 Å². The van der Waals surface area contributed by atoms with Gasteiger partial charge in [-0.05, 0) is 6.92 Å². The Morgan fingerprint density at radius 3 is 1.82 bits per heavy atom. The van der Waals surface area contributed by atoms with E-state index in [9.17, 15) is 18.0 Å². The average Bonchev–Trinajstić information content (AvgIpc) is 1.89. The molecule has 0 aromatic rings. The van der Waals surface area contributed by atoms with E-state index in [1.165, 1.54) is 0 Å². The molecule has 0 aromatic carbocycles. The minimum absolute atomic E-state index is 0.725. The van der Waals surface area contributed by atoms with E-state index in [-0.39, 0.29) is 0 Å². The van der Waals surface area contributed by atoms with E-state index in [4.69, 9.17) is 0 Å². The van der Waals surface area contributed by atoms with Crippen LogP contribution in [-0.2, 0) is 19.9 Å². The zero-order valence-electron chi connectivity index (χ0n) is 5.38. The topological polar surface area (TPSA) is 43.1 Å². The summed E-state index contributed by atoms with van der Waals surface area (Å²) in [6.07, 6.45) is -4.49. The molecular formula is C4H6ClCuF3NO. The number of hydrogen-bond acceptors (Lipinski definition) is 1. The van der Waals surface area contributed by atoms with Crippen LogP contribution in [0, 0.1) is 5.92 Å². The minimum atomic E-state index is -4.49. The van der Waals surface area contributed by atoms with Crippen LogP contribution in [0.3, 0.4) is 0 Å². The zero-order valence-corrected chi connectivity index (χ0v) is 7.07. The average molecular weight is 240 g/mol. The number of nitrogens with two attached hydrogens (primary N) is 1. The molecule has 0 saturated heterocycles. The second kappa shape index (κ2) is 5.69. The molecule has 11 heavy (non-hydrogen) atoms. The van der Waals surface area contributed by atoms with Crippen molar-refractivity contribution >= 4 is 16.0 Å². The molecule has 2 N–H and O–H groups in total. The summed E-state index contributed by atoms with van der Waals surface area (Å²) in [5.74, 6) is -3.39. The molecule has 0 rings (SSSR count). The van der Waals surface area contributed by atoms with Gasteiger partial charge in [0.15, 0.2) is 0 Å². The van der Waals surface area contributed by atoms with Crippen molar-refractivity contribution < 1.29 is 33.1 Å². The fraction of sp³-hybridized carbons (Fsp3) is 0.750. The molecule has 0 saturated carbocycles.